The van der Waals surface area contributed by atoms with Crippen molar-refractivity contribution in [2.24, 2.45) is 9.98 Å². The van der Waals surface area contributed by atoms with Crippen molar-refractivity contribution in [1.29, 1.82) is 0 Å². The number of carbonyl (C=O) groups excluding carboxylic acids is 1. The van der Waals surface area contributed by atoms with E-state index in [2.05, 4.69) is 15.3 Å². The van der Waals surface area contributed by atoms with Crippen molar-refractivity contribution in [2.75, 3.05) is 5.32 Å². The molecule has 0 saturated heterocycles. The van der Waals surface area contributed by atoms with Crippen molar-refractivity contribution >= 4 is 40.7 Å². The Bertz CT molecular complexity index is 1070. The van der Waals surface area contributed by atoms with Crippen LogP contribution < -0.4 is 5.32 Å². The zero-order valence-electron chi connectivity index (χ0n) is 17.1. The summed E-state index contributed by atoms with van der Waals surface area (Å²) in [5, 5.41) is 3.41. The first-order valence-electron chi connectivity index (χ1n) is 9.15. The fourth-order valence-corrected chi connectivity index (χ4v) is 2.70. The molecular formula is C23H22ClF2N3O. The van der Waals surface area contributed by atoms with Crippen LogP contribution in [-0.2, 0) is 0 Å². The molecule has 0 saturated carbocycles. The minimum atomic E-state index is -0.901. The van der Waals surface area contributed by atoms with Gasteiger partial charge in [-0.3, -0.25) is 9.79 Å². The molecule has 30 heavy (non-hydrogen) atoms. The molecule has 0 aromatic heterocycles. The van der Waals surface area contributed by atoms with Gasteiger partial charge in [0.2, 0.25) is 0 Å². The van der Waals surface area contributed by atoms with Crippen LogP contribution in [-0.4, -0.2) is 17.8 Å². The number of allylic oxidation sites excluding steroid dienone is 2. The summed E-state index contributed by atoms with van der Waals surface area (Å²) in [4.78, 5) is 19.6. The molecule has 0 spiro atoms. The lowest BCUT2D eigenvalue weighted by Crippen LogP contribution is -2.20. The molecule has 2 aromatic rings. The second-order valence-corrected chi connectivity index (χ2v) is 6.93. The molecule has 0 aliphatic heterocycles. The highest BCUT2D eigenvalue weighted by atomic mass is 35.5. The van der Waals surface area contributed by atoms with Crippen molar-refractivity contribution in [3.8, 4) is 0 Å². The molecule has 2 rings (SSSR count). The standard InChI is InChI=1S/C23H22ClF2N3O/c1-5-10-27-23(29-18-8-7-17(13-30)20(24)11-18)16(4)28-12-15(3)19-9-6-14(2)21(25)22(19)26/h5-13H,1-4H3,(H,27,29)/b10-5-,15-12+,28-16?. The van der Waals surface area contributed by atoms with Gasteiger partial charge in [-0.25, -0.2) is 13.8 Å². The van der Waals surface area contributed by atoms with E-state index < -0.39 is 11.6 Å². The Balaban J connectivity index is 2.34. The van der Waals surface area contributed by atoms with Gasteiger partial charge < -0.3 is 5.32 Å². The van der Waals surface area contributed by atoms with Gasteiger partial charge in [-0.05, 0) is 57.0 Å². The van der Waals surface area contributed by atoms with Crippen LogP contribution in [0.2, 0.25) is 5.02 Å². The Morgan fingerprint density at radius 3 is 2.47 bits per heavy atom. The predicted octanol–water partition coefficient (Wildman–Crippen LogP) is 6.61. The van der Waals surface area contributed by atoms with Crippen LogP contribution in [0.3, 0.4) is 0 Å². The average Bonchev–Trinajstić information content (AvgIpc) is 2.73. The average molecular weight is 430 g/mol. The van der Waals surface area contributed by atoms with Crippen molar-refractivity contribution in [2.45, 2.75) is 27.7 Å². The molecular weight excluding hydrogens is 408 g/mol. The van der Waals surface area contributed by atoms with E-state index in [9.17, 15) is 13.6 Å². The molecule has 0 amide bonds. The Kier molecular flexibility index (Phi) is 8.18. The fourth-order valence-electron chi connectivity index (χ4n) is 2.48. The molecule has 0 atom stereocenters. The molecule has 0 heterocycles. The number of benzene rings is 2. The number of hydrogen-bond donors (Lipinski definition) is 1. The molecule has 0 fully saturated rings. The van der Waals surface area contributed by atoms with E-state index >= 15 is 0 Å². The summed E-state index contributed by atoms with van der Waals surface area (Å²) < 4.78 is 28.0. The zero-order valence-corrected chi connectivity index (χ0v) is 17.9. The number of carbonyl (C=O) groups is 1. The summed E-state index contributed by atoms with van der Waals surface area (Å²) in [7, 11) is 0. The van der Waals surface area contributed by atoms with Crippen LogP contribution in [0.5, 0.6) is 0 Å². The third-order valence-electron chi connectivity index (χ3n) is 4.24. The maximum atomic E-state index is 14.2. The summed E-state index contributed by atoms with van der Waals surface area (Å²) in [6.07, 6.45) is 5.48. The predicted molar refractivity (Wildman–Crippen MR) is 121 cm³/mol. The van der Waals surface area contributed by atoms with Crippen LogP contribution in [0.4, 0.5) is 14.5 Å². The number of nitrogens with one attached hydrogen (secondary N) is 1. The molecule has 156 valence electrons. The maximum Gasteiger partial charge on any atom is 0.166 e. The number of amidine groups is 1. The number of hydrogen-bond acceptors (Lipinski definition) is 3. The topological polar surface area (TPSA) is 53.8 Å². The minimum Gasteiger partial charge on any atom is -0.339 e. The van der Waals surface area contributed by atoms with Crippen molar-refractivity contribution in [1.82, 2.24) is 0 Å². The number of nitrogens with zero attached hydrogens (tertiary/aromatic N) is 2. The van der Waals surface area contributed by atoms with E-state index in [1.165, 1.54) is 25.3 Å². The Labute approximate surface area is 179 Å². The molecule has 0 aliphatic rings. The molecule has 7 heteroatoms. The van der Waals surface area contributed by atoms with Crippen molar-refractivity contribution < 1.29 is 13.6 Å². The monoisotopic (exact) mass is 429 g/mol. The van der Waals surface area contributed by atoms with Gasteiger partial charge in [-0.15, -0.1) is 0 Å². The van der Waals surface area contributed by atoms with Crippen LogP contribution in [0.1, 0.15) is 42.3 Å². The SMILES string of the molecule is C/C=C\N=C(Nc1ccc(C=O)c(Cl)c1)C(C)=N/C=C(\C)c1ccc(C)c(F)c1F. The zero-order chi connectivity index (χ0) is 22.3. The van der Waals surface area contributed by atoms with E-state index in [0.717, 1.165) is 0 Å². The highest BCUT2D eigenvalue weighted by Gasteiger charge is 2.12. The Hall–Kier alpha value is -3.12. The molecule has 2 aromatic carbocycles. The third kappa shape index (κ3) is 5.70. The van der Waals surface area contributed by atoms with Gasteiger partial charge in [-0.2, -0.15) is 0 Å². The second kappa shape index (κ2) is 10.6. The van der Waals surface area contributed by atoms with Gasteiger partial charge in [0.25, 0.3) is 0 Å². The lowest BCUT2D eigenvalue weighted by molar-refractivity contribution is 0.112. The second-order valence-electron chi connectivity index (χ2n) is 6.52. The first kappa shape index (κ1) is 23.2. The Morgan fingerprint density at radius 2 is 1.83 bits per heavy atom. The van der Waals surface area contributed by atoms with Crippen molar-refractivity contribution in [3.05, 3.63) is 82.2 Å². The number of rotatable bonds is 6. The van der Waals surface area contributed by atoms with Gasteiger partial charge in [0.05, 0.1) is 10.7 Å². The van der Waals surface area contributed by atoms with Gasteiger partial charge in [0, 0.05) is 29.2 Å². The molecule has 0 aliphatic carbocycles. The smallest absolute Gasteiger partial charge is 0.166 e. The summed E-state index contributed by atoms with van der Waals surface area (Å²) in [6.45, 7) is 6.71. The maximum absolute atomic E-state index is 14.2. The quantitative estimate of drug-likeness (QED) is 0.319. The van der Waals surface area contributed by atoms with E-state index in [-0.39, 0.29) is 11.1 Å². The summed E-state index contributed by atoms with van der Waals surface area (Å²) in [6, 6.07) is 7.94. The first-order chi connectivity index (χ1) is 14.3. The molecule has 0 radical (unpaired) electrons. The number of anilines is 1. The molecule has 0 bridgehead atoms. The van der Waals surface area contributed by atoms with Gasteiger partial charge in [0.15, 0.2) is 23.8 Å². The fraction of sp³-hybridized carbons (Fsp3) is 0.174. The summed E-state index contributed by atoms with van der Waals surface area (Å²) in [5.74, 6) is -1.33. The third-order valence-corrected chi connectivity index (χ3v) is 4.56. The van der Waals surface area contributed by atoms with Gasteiger partial charge >= 0.3 is 0 Å². The van der Waals surface area contributed by atoms with Crippen LogP contribution in [0, 0.1) is 18.6 Å². The number of aryl methyl sites for hydroxylation is 1. The van der Waals surface area contributed by atoms with E-state index in [1.807, 2.05) is 6.92 Å². The number of aldehydes is 1. The lowest BCUT2D eigenvalue weighted by Gasteiger charge is -2.10. The number of aliphatic imine (C=N–C) groups is 2. The number of halogens is 3. The van der Waals surface area contributed by atoms with Crippen molar-refractivity contribution in [3.63, 3.8) is 0 Å². The van der Waals surface area contributed by atoms with E-state index in [1.54, 1.807) is 44.3 Å². The molecule has 0 unspecified atom stereocenters. The highest BCUT2D eigenvalue weighted by Crippen LogP contribution is 2.23. The minimum absolute atomic E-state index is 0.144. The van der Waals surface area contributed by atoms with Crippen LogP contribution in [0.25, 0.3) is 5.57 Å². The first-order valence-corrected chi connectivity index (χ1v) is 9.53. The van der Waals surface area contributed by atoms with E-state index in [0.29, 0.717) is 39.7 Å². The van der Waals surface area contributed by atoms with Gasteiger partial charge in [-0.1, -0.05) is 29.8 Å². The Morgan fingerprint density at radius 1 is 1.10 bits per heavy atom. The summed E-state index contributed by atoms with van der Waals surface area (Å²) >= 11 is 6.08. The summed E-state index contributed by atoms with van der Waals surface area (Å²) in [5.41, 5.74) is 2.37. The molecule has 1 N–H and O–H groups in total. The molecule has 4 nitrogen and oxygen atoms in total. The van der Waals surface area contributed by atoms with E-state index in [4.69, 9.17) is 11.6 Å². The van der Waals surface area contributed by atoms with Gasteiger partial charge in [0.1, 0.15) is 0 Å². The lowest BCUT2D eigenvalue weighted by atomic mass is 10.1. The highest BCUT2D eigenvalue weighted by molar-refractivity contribution is 6.45. The van der Waals surface area contributed by atoms with Crippen LogP contribution >= 0.6 is 11.6 Å². The largest absolute Gasteiger partial charge is 0.339 e. The van der Waals surface area contributed by atoms with Crippen LogP contribution in [0.15, 0.2) is 58.8 Å². The normalized spacial score (nSPS) is 13.1.